The number of H-pyrrole nitrogens is 1. The molecule has 1 saturated heterocycles. The van der Waals surface area contributed by atoms with Crippen LogP contribution in [0, 0.1) is 20.8 Å². The Balaban J connectivity index is 1.52. The number of benzene rings is 1. The van der Waals surface area contributed by atoms with Gasteiger partial charge in [-0.1, -0.05) is 17.3 Å². The largest absolute Gasteiger partial charge is 0.355 e. The van der Waals surface area contributed by atoms with Gasteiger partial charge in [0.15, 0.2) is 0 Å². The van der Waals surface area contributed by atoms with Crippen LogP contribution in [0.2, 0.25) is 0 Å². The van der Waals surface area contributed by atoms with E-state index in [0.29, 0.717) is 17.5 Å². The van der Waals surface area contributed by atoms with Gasteiger partial charge in [-0.2, -0.15) is 4.98 Å². The fraction of sp³-hybridized carbons (Fsp3) is 0.400. The Kier molecular flexibility index (Phi) is 3.63. The van der Waals surface area contributed by atoms with E-state index in [-0.39, 0.29) is 0 Å². The number of nitrogens with one attached hydrogen (secondary N) is 1. The van der Waals surface area contributed by atoms with Gasteiger partial charge in [0.2, 0.25) is 0 Å². The first kappa shape index (κ1) is 16.2. The summed E-state index contributed by atoms with van der Waals surface area (Å²) in [6.45, 7) is 7.78. The van der Waals surface area contributed by atoms with E-state index in [4.69, 9.17) is 14.5 Å². The number of piperidine rings is 1. The molecule has 27 heavy (non-hydrogen) atoms. The SMILES string of the molecule is Cc1nc(N2CCCC(c3nc4c(C)cccc4[nH]3)C2)c2c(C)noc2n1. The number of nitrogens with zero attached hydrogens (tertiary/aromatic N) is 5. The number of hydrogen-bond acceptors (Lipinski definition) is 6. The minimum Gasteiger partial charge on any atom is -0.355 e. The Morgan fingerprint density at radius 3 is 2.89 bits per heavy atom. The van der Waals surface area contributed by atoms with Crippen LogP contribution in [0.15, 0.2) is 22.7 Å². The number of aromatic amines is 1. The minimum atomic E-state index is 0.344. The second-order valence-corrected chi connectivity index (χ2v) is 7.42. The van der Waals surface area contributed by atoms with Crippen LogP contribution in [0.1, 0.15) is 41.7 Å². The lowest BCUT2D eigenvalue weighted by molar-refractivity contribution is 0.442. The fourth-order valence-electron chi connectivity index (χ4n) is 4.08. The number of anilines is 1. The molecule has 1 aliphatic rings. The highest BCUT2D eigenvalue weighted by Gasteiger charge is 2.27. The molecular weight excluding hydrogens is 340 g/mol. The van der Waals surface area contributed by atoms with Gasteiger partial charge in [0.25, 0.3) is 5.71 Å². The summed E-state index contributed by atoms with van der Waals surface area (Å²) in [6.07, 6.45) is 2.21. The van der Waals surface area contributed by atoms with Crippen LogP contribution in [0.5, 0.6) is 0 Å². The molecule has 4 heterocycles. The summed E-state index contributed by atoms with van der Waals surface area (Å²) >= 11 is 0. The van der Waals surface area contributed by atoms with Gasteiger partial charge in [-0.15, -0.1) is 0 Å². The quantitative estimate of drug-likeness (QED) is 0.584. The highest BCUT2D eigenvalue weighted by molar-refractivity contribution is 5.88. The van der Waals surface area contributed by atoms with Gasteiger partial charge in [0.1, 0.15) is 22.9 Å². The van der Waals surface area contributed by atoms with E-state index in [0.717, 1.165) is 59.7 Å². The fourth-order valence-corrected chi connectivity index (χ4v) is 4.08. The summed E-state index contributed by atoms with van der Waals surface area (Å²) in [4.78, 5) is 19.9. The first-order valence-electron chi connectivity index (χ1n) is 9.41. The molecule has 0 spiro atoms. The van der Waals surface area contributed by atoms with Crippen LogP contribution < -0.4 is 4.90 Å². The topological polar surface area (TPSA) is 83.7 Å². The zero-order valence-corrected chi connectivity index (χ0v) is 15.8. The van der Waals surface area contributed by atoms with Gasteiger partial charge in [-0.25, -0.2) is 9.97 Å². The maximum Gasteiger partial charge on any atom is 0.263 e. The number of rotatable bonds is 2. The second-order valence-electron chi connectivity index (χ2n) is 7.42. The maximum absolute atomic E-state index is 5.38. The van der Waals surface area contributed by atoms with E-state index in [1.165, 1.54) is 5.56 Å². The molecule has 0 aliphatic carbocycles. The summed E-state index contributed by atoms with van der Waals surface area (Å²) in [7, 11) is 0. The van der Waals surface area contributed by atoms with E-state index in [2.05, 4.69) is 45.1 Å². The first-order chi connectivity index (χ1) is 13.1. The third-order valence-electron chi connectivity index (χ3n) is 5.44. The Labute approximate surface area is 156 Å². The Morgan fingerprint density at radius 1 is 1.15 bits per heavy atom. The minimum absolute atomic E-state index is 0.344. The molecule has 0 amide bonds. The summed E-state index contributed by atoms with van der Waals surface area (Å²) in [5, 5.41) is 5.00. The van der Waals surface area contributed by atoms with Crippen molar-refractivity contribution in [3.63, 3.8) is 0 Å². The molecule has 7 heteroatoms. The van der Waals surface area contributed by atoms with Gasteiger partial charge >= 0.3 is 0 Å². The molecule has 0 saturated carbocycles. The first-order valence-corrected chi connectivity index (χ1v) is 9.41. The predicted octanol–water partition coefficient (Wildman–Crippen LogP) is 3.80. The lowest BCUT2D eigenvalue weighted by Crippen LogP contribution is -2.35. The molecule has 3 aromatic heterocycles. The summed E-state index contributed by atoms with van der Waals surface area (Å²) in [5.74, 6) is 3.03. The zero-order valence-electron chi connectivity index (χ0n) is 15.8. The number of aryl methyl sites for hydroxylation is 3. The number of para-hydroxylation sites is 1. The predicted molar refractivity (Wildman–Crippen MR) is 104 cm³/mol. The molecule has 0 bridgehead atoms. The molecule has 1 unspecified atom stereocenters. The van der Waals surface area contributed by atoms with E-state index in [1.807, 2.05) is 13.8 Å². The van der Waals surface area contributed by atoms with Crippen molar-refractivity contribution in [1.82, 2.24) is 25.1 Å². The molecule has 1 aromatic carbocycles. The third-order valence-corrected chi connectivity index (χ3v) is 5.44. The van der Waals surface area contributed by atoms with Crippen molar-refractivity contribution < 1.29 is 4.52 Å². The maximum atomic E-state index is 5.38. The van der Waals surface area contributed by atoms with Crippen molar-refractivity contribution in [2.75, 3.05) is 18.0 Å². The van der Waals surface area contributed by atoms with E-state index in [1.54, 1.807) is 0 Å². The molecule has 0 radical (unpaired) electrons. The summed E-state index contributed by atoms with van der Waals surface area (Å²) in [5.41, 5.74) is 4.78. The number of fused-ring (bicyclic) bond motifs is 2. The van der Waals surface area contributed by atoms with Crippen LogP contribution in [0.25, 0.3) is 22.1 Å². The highest BCUT2D eigenvalue weighted by atomic mass is 16.5. The van der Waals surface area contributed by atoms with E-state index in [9.17, 15) is 0 Å². The molecule has 7 nitrogen and oxygen atoms in total. The Bertz CT molecular complexity index is 1140. The molecule has 1 N–H and O–H groups in total. The van der Waals surface area contributed by atoms with Gasteiger partial charge < -0.3 is 14.4 Å². The third kappa shape index (κ3) is 2.65. The molecule has 4 aromatic rings. The molecule has 1 fully saturated rings. The van der Waals surface area contributed by atoms with E-state index >= 15 is 0 Å². The average molecular weight is 362 g/mol. The molecule has 5 rings (SSSR count). The van der Waals surface area contributed by atoms with Crippen molar-refractivity contribution in [3.8, 4) is 0 Å². The van der Waals surface area contributed by atoms with Crippen LogP contribution in [-0.4, -0.2) is 38.2 Å². The van der Waals surface area contributed by atoms with Gasteiger partial charge in [-0.3, -0.25) is 0 Å². The number of hydrogen-bond donors (Lipinski definition) is 1. The molecule has 1 aliphatic heterocycles. The summed E-state index contributed by atoms with van der Waals surface area (Å²) in [6, 6.07) is 6.27. The smallest absolute Gasteiger partial charge is 0.263 e. The lowest BCUT2D eigenvalue weighted by atomic mass is 9.97. The monoisotopic (exact) mass is 362 g/mol. The van der Waals surface area contributed by atoms with Gasteiger partial charge in [-0.05, 0) is 45.2 Å². The van der Waals surface area contributed by atoms with Crippen LogP contribution in [0.4, 0.5) is 5.82 Å². The van der Waals surface area contributed by atoms with E-state index < -0.39 is 0 Å². The van der Waals surface area contributed by atoms with Crippen molar-refractivity contribution in [2.45, 2.75) is 39.5 Å². The molecular formula is C20H22N6O. The van der Waals surface area contributed by atoms with Crippen molar-refractivity contribution in [2.24, 2.45) is 0 Å². The van der Waals surface area contributed by atoms with Crippen molar-refractivity contribution in [3.05, 3.63) is 41.1 Å². The zero-order chi connectivity index (χ0) is 18.5. The molecule has 1 atom stereocenters. The normalized spacial score (nSPS) is 17.9. The van der Waals surface area contributed by atoms with Crippen LogP contribution in [-0.2, 0) is 0 Å². The average Bonchev–Trinajstić information content (AvgIpc) is 3.26. The van der Waals surface area contributed by atoms with Crippen LogP contribution >= 0.6 is 0 Å². The number of aromatic nitrogens is 5. The summed E-state index contributed by atoms with van der Waals surface area (Å²) < 4.78 is 5.38. The van der Waals surface area contributed by atoms with Crippen molar-refractivity contribution in [1.29, 1.82) is 0 Å². The number of imidazole rings is 1. The Morgan fingerprint density at radius 2 is 2.04 bits per heavy atom. The molecule has 138 valence electrons. The van der Waals surface area contributed by atoms with Crippen molar-refractivity contribution >= 4 is 28.0 Å². The lowest BCUT2D eigenvalue weighted by Gasteiger charge is -2.33. The standard InChI is InChI=1S/C20H22N6O/c1-11-6-4-8-15-17(11)24-18(23-15)14-7-5-9-26(10-14)19-16-12(2)25-27-20(16)22-13(3)21-19/h4,6,8,14H,5,7,9-10H2,1-3H3,(H,23,24). The van der Waals surface area contributed by atoms with Gasteiger partial charge in [0.05, 0.1) is 16.7 Å². The highest BCUT2D eigenvalue weighted by Crippen LogP contribution is 2.33. The second kappa shape index (κ2) is 6.04. The van der Waals surface area contributed by atoms with Crippen LogP contribution in [0.3, 0.4) is 0 Å². The van der Waals surface area contributed by atoms with Gasteiger partial charge in [0, 0.05) is 19.0 Å². The Hall–Kier alpha value is -2.96.